The zero-order valence-electron chi connectivity index (χ0n) is 13.4. The predicted molar refractivity (Wildman–Crippen MR) is 77.7 cm³/mol. The summed E-state index contributed by atoms with van der Waals surface area (Å²) in [6.07, 6.45) is -7.82. The first-order chi connectivity index (χ1) is 11.5. The number of carboxylic acid groups (broad SMARTS) is 1. The maximum Gasteiger partial charge on any atom is 0.364 e. The minimum absolute atomic E-state index is 0.467. The molecule has 1 aliphatic heterocycles. The number of carbonyl (C=O) groups excluding carboxylic acids is 2. The van der Waals surface area contributed by atoms with E-state index in [1.54, 1.807) is 0 Å². The number of rotatable bonds is 7. The number of amides is 1. The lowest BCUT2D eigenvalue weighted by Gasteiger charge is -2.44. The highest BCUT2D eigenvalue weighted by molar-refractivity contribution is 5.78. The van der Waals surface area contributed by atoms with Gasteiger partial charge in [0, 0.05) is 13.3 Å². The van der Waals surface area contributed by atoms with Gasteiger partial charge in [-0.2, -0.15) is 0 Å². The third kappa shape index (κ3) is 5.32. The number of nitrogens with two attached hydrogens (primary N) is 1. The summed E-state index contributed by atoms with van der Waals surface area (Å²) < 4.78 is 9.47. The van der Waals surface area contributed by atoms with E-state index in [-0.39, 0.29) is 0 Å². The summed E-state index contributed by atoms with van der Waals surface area (Å²) >= 11 is 0. The van der Waals surface area contributed by atoms with Crippen LogP contribution in [0.4, 0.5) is 0 Å². The van der Waals surface area contributed by atoms with Crippen LogP contribution in [-0.4, -0.2) is 92.8 Å². The summed E-state index contributed by atoms with van der Waals surface area (Å²) in [5.74, 6) is -6.18. The average molecular weight is 366 g/mol. The second-order valence-electron chi connectivity index (χ2n) is 5.60. The lowest BCUT2D eigenvalue weighted by atomic mass is 9.88. The van der Waals surface area contributed by atoms with E-state index in [0.717, 1.165) is 6.92 Å². The zero-order chi connectivity index (χ0) is 19.4. The van der Waals surface area contributed by atoms with Gasteiger partial charge in [0.05, 0.1) is 18.7 Å². The van der Waals surface area contributed by atoms with Gasteiger partial charge in [-0.05, 0) is 0 Å². The Hall–Kier alpha value is -1.83. The first kappa shape index (κ1) is 21.2. The van der Waals surface area contributed by atoms with Crippen molar-refractivity contribution in [1.29, 1.82) is 0 Å². The lowest BCUT2D eigenvalue weighted by Crippen LogP contribution is -2.67. The van der Waals surface area contributed by atoms with Crippen LogP contribution in [0.2, 0.25) is 0 Å². The van der Waals surface area contributed by atoms with Crippen LogP contribution in [-0.2, 0) is 23.9 Å². The van der Waals surface area contributed by atoms with E-state index in [2.05, 4.69) is 10.1 Å². The highest BCUT2D eigenvalue weighted by Crippen LogP contribution is 2.30. The van der Waals surface area contributed by atoms with E-state index in [9.17, 15) is 34.8 Å². The van der Waals surface area contributed by atoms with Crippen molar-refractivity contribution in [3.8, 4) is 0 Å². The molecule has 25 heavy (non-hydrogen) atoms. The summed E-state index contributed by atoms with van der Waals surface area (Å²) in [5, 5.41) is 51.3. The van der Waals surface area contributed by atoms with Crippen LogP contribution in [0.15, 0.2) is 0 Å². The molecule has 1 rings (SSSR count). The standard InChI is InChI=1S/C13H22N2O10/c1-5(16)24-4-7(18)10(20)11-9(15-8(19)3-14)6(17)2-13(23,25-11)12(21)22/h6-7,9-11,17-18,20,23H,2-4,14H2,1H3,(H,15,19)(H,21,22)/t6-,7+,9+,10+,11+,13?/m0/s1. The van der Waals surface area contributed by atoms with Gasteiger partial charge in [0.15, 0.2) is 0 Å². The number of aliphatic carboxylic acids is 1. The molecule has 1 aliphatic rings. The summed E-state index contributed by atoms with van der Waals surface area (Å²) in [6, 6.07) is -1.38. The molecule has 0 aromatic heterocycles. The first-order valence-electron chi connectivity index (χ1n) is 7.32. The Morgan fingerprint density at radius 2 is 2.00 bits per heavy atom. The molecule has 12 nitrogen and oxygen atoms in total. The van der Waals surface area contributed by atoms with E-state index in [0.29, 0.717) is 0 Å². The quantitative estimate of drug-likeness (QED) is 0.214. The van der Waals surface area contributed by atoms with Gasteiger partial charge in [0.2, 0.25) is 5.91 Å². The van der Waals surface area contributed by atoms with Crippen molar-refractivity contribution in [2.75, 3.05) is 13.2 Å². The minimum atomic E-state index is -2.85. The monoisotopic (exact) mass is 366 g/mol. The molecule has 1 fully saturated rings. The molecule has 1 amide bonds. The Morgan fingerprint density at radius 3 is 2.48 bits per heavy atom. The molecule has 0 spiro atoms. The van der Waals surface area contributed by atoms with Crippen LogP contribution < -0.4 is 11.1 Å². The highest BCUT2D eigenvalue weighted by Gasteiger charge is 2.54. The van der Waals surface area contributed by atoms with Gasteiger partial charge in [-0.1, -0.05) is 0 Å². The Labute approximate surface area is 142 Å². The summed E-state index contributed by atoms with van der Waals surface area (Å²) in [6.45, 7) is -0.0613. The number of hydrogen-bond donors (Lipinski definition) is 7. The number of aliphatic hydroxyl groups is 4. The Kier molecular flexibility index (Phi) is 7.22. The van der Waals surface area contributed by atoms with Gasteiger partial charge in [-0.15, -0.1) is 0 Å². The van der Waals surface area contributed by atoms with Gasteiger partial charge in [-0.3, -0.25) is 9.59 Å². The normalized spacial score (nSPS) is 31.7. The average Bonchev–Trinajstić information content (AvgIpc) is 2.53. The molecule has 1 heterocycles. The SMILES string of the molecule is CC(=O)OC[C@@H](O)[C@@H](O)[C@@H]1OC(O)(C(=O)O)C[C@H](O)[C@H]1NC(=O)CN. The smallest absolute Gasteiger partial charge is 0.364 e. The second kappa shape index (κ2) is 8.51. The van der Waals surface area contributed by atoms with Crippen molar-refractivity contribution >= 4 is 17.8 Å². The molecular weight excluding hydrogens is 344 g/mol. The van der Waals surface area contributed by atoms with Crippen LogP contribution >= 0.6 is 0 Å². The number of esters is 1. The molecule has 1 unspecified atom stereocenters. The lowest BCUT2D eigenvalue weighted by molar-refractivity contribution is -0.295. The van der Waals surface area contributed by atoms with Crippen molar-refractivity contribution in [2.24, 2.45) is 5.73 Å². The van der Waals surface area contributed by atoms with E-state index in [1.807, 2.05) is 0 Å². The minimum Gasteiger partial charge on any atom is -0.477 e. The molecule has 8 N–H and O–H groups in total. The van der Waals surface area contributed by atoms with Gasteiger partial charge in [-0.25, -0.2) is 4.79 Å². The van der Waals surface area contributed by atoms with Crippen LogP contribution in [0.25, 0.3) is 0 Å². The molecule has 0 aromatic rings. The van der Waals surface area contributed by atoms with Gasteiger partial charge >= 0.3 is 11.9 Å². The molecule has 0 saturated carbocycles. The molecule has 144 valence electrons. The van der Waals surface area contributed by atoms with E-state index in [4.69, 9.17) is 15.6 Å². The Balaban J connectivity index is 3.03. The van der Waals surface area contributed by atoms with Crippen molar-refractivity contribution in [3.05, 3.63) is 0 Å². The van der Waals surface area contributed by atoms with Crippen molar-refractivity contribution in [1.82, 2.24) is 5.32 Å². The Bertz CT molecular complexity index is 515. The molecular formula is C13H22N2O10. The van der Waals surface area contributed by atoms with Crippen molar-refractivity contribution in [3.63, 3.8) is 0 Å². The third-order valence-electron chi connectivity index (χ3n) is 3.62. The Morgan fingerprint density at radius 1 is 1.40 bits per heavy atom. The summed E-state index contributed by atoms with van der Waals surface area (Å²) in [5.41, 5.74) is 5.15. The van der Waals surface area contributed by atoms with Crippen LogP contribution in [0.5, 0.6) is 0 Å². The summed E-state index contributed by atoms with van der Waals surface area (Å²) in [7, 11) is 0. The molecule has 0 radical (unpaired) electrons. The van der Waals surface area contributed by atoms with Crippen molar-refractivity contribution in [2.45, 2.75) is 49.6 Å². The van der Waals surface area contributed by atoms with E-state index < -0.39 is 73.7 Å². The highest BCUT2D eigenvalue weighted by atomic mass is 16.7. The van der Waals surface area contributed by atoms with E-state index in [1.165, 1.54) is 0 Å². The second-order valence-corrected chi connectivity index (χ2v) is 5.60. The van der Waals surface area contributed by atoms with Gasteiger partial charge in [0.1, 0.15) is 24.9 Å². The third-order valence-corrected chi connectivity index (χ3v) is 3.62. The molecule has 0 aromatic carbocycles. The molecule has 0 aliphatic carbocycles. The van der Waals surface area contributed by atoms with Crippen molar-refractivity contribution < 1.29 is 49.4 Å². The fraction of sp³-hybridized carbons (Fsp3) is 0.769. The fourth-order valence-corrected chi connectivity index (χ4v) is 2.34. The number of ether oxygens (including phenoxy) is 2. The molecule has 6 atom stereocenters. The number of aliphatic hydroxyl groups excluding tert-OH is 3. The van der Waals surface area contributed by atoms with Gasteiger partial charge < -0.3 is 46.1 Å². The number of carboxylic acids is 1. The number of carbonyl (C=O) groups is 3. The zero-order valence-corrected chi connectivity index (χ0v) is 13.4. The maximum absolute atomic E-state index is 11.5. The van der Waals surface area contributed by atoms with Gasteiger partial charge in [0.25, 0.3) is 5.79 Å². The predicted octanol–water partition coefficient (Wildman–Crippen LogP) is -4.36. The number of nitrogens with one attached hydrogen (secondary N) is 1. The number of hydrogen-bond acceptors (Lipinski definition) is 10. The van der Waals surface area contributed by atoms with Crippen LogP contribution in [0, 0.1) is 0 Å². The van der Waals surface area contributed by atoms with Crippen LogP contribution in [0.3, 0.4) is 0 Å². The topological polar surface area (TPSA) is 209 Å². The molecule has 1 saturated heterocycles. The fourth-order valence-electron chi connectivity index (χ4n) is 2.34. The summed E-state index contributed by atoms with van der Waals surface area (Å²) in [4.78, 5) is 33.4. The van der Waals surface area contributed by atoms with E-state index >= 15 is 0 Å². The maximum atomic E-state index is 11.5. The largest absolute Gasteiger partial charge is 0.477 e. The molecule has 12 heteroatoms. The molecule has 0 bridgehead atoms. The first-order valence-corrected chi connectivity index (χ1v) is 7.32. The van der Waals surface area contributed by atoms with Crippen LogP contribution in [0.1, 0.15) is 13.3 Å².